The first-order valence-corrected chi connectivity index (χ1v) is 8.30. The lowest BCUT2D eigenvalue weighted by atomic mass is 10.3. The van der Waals surface area contributed by atoms with E-state index in [1.807, 2.05) is 17.5 Å². The fraction of sp³-hybridized carbons (Fsp3) is 0.357. The van der Waals surface area contributed by atoms with Gasteiger partial charge < -0.3 is 10.0 Å². The molecule has 3 rings (SSSR count). The minimum absolute atomic E-state index is 0.0697. The Labute approximate surface area is 129 Å². The lowest BCUT2D eigenvalue weighted by molar-refractivity contribution is -0.137. The van der Waals surface area contributed by atoms with Gasteiger partial charge in [0, 0.05) is 6.04 Å². The Morgan fingerprint density at radius 3 is 2.81 bits per heavy atom. The molecule has 2 aromatic heterocycles. The first kappa shape index (κ1) is 14.2. The molecule has 0 unspecified atom stereocenters. The number of amides is 1. The molecule has 0 spiro atoms. The summed E-state index contributed by atoms with van der Waals surface area (Å²) in [6.07, 6.45) is 1.77. The third kappa shape index (κ3) is 2.98. The number of aliphatic carboxylic acids is 1. The Morgan fingerprint density at radius 2 is 2.24 bits per heavy atom. The summed E-state index contributed by atoms with van der Waals surface area (Å²) < 4.78 is 0. The largest absolute Gasteiger partial charge is 0.480 e. The zero-order valence-corrected chi connectivity index (χ0v) is 13.0. The van der Waals surface area contributed by atoms with Crippen LogP contribution in [-0.2, 0) is 4.79 Å². The number of rotatable bonds is 5. The van der Waals surface area contributed by atoms with Gasteiger partial charge >= 0.3 is 5.97 Å². The van der Waals surface area contributed by atoms with Gasteiger partial charge in [0.25, 0.3) is 5.91 Å². The van der Waals surface area contributed by atoms with E-state index in [0.717, 1.165) is 22.7 Å². The van der Waals surface area contributed by atoms with E-state index < -0.39 is 5.97 Å². The van der Waals surface area contributed by atoms with Crippen molar-refractivity contribution in [3.8, 4) is 9.88 Å². The molecule has 1 aliphatic rings. The molecule has 0 aliphatic heterocycles. The molecule has 0 saturated heterocycles. The number of nitrogens with zero attached hydrogens (tertiary/aromatic N) is 2. The van der Waals surface area contributed by atoms with Gasteiger partial charge in [-0.3, -0.25) is 9.59 Å². The average Bonchev–Trinajstić information content (AvgIpc) is 2.98. The number of carboxylic acid groups (broad SMARTS) is 1. The molecule has 7 heteroatoms. The maximum absolute atomic E-state index is 12.6. The van der Waals surface area contributed by atoms with Gasteiger partial charge in [0.1, 0.15) is 16.4 Å². The zero-order chi connectivity index (χ0) is 15.0. The molecule has 1 aliphatic carbocycles. The molecule has 1 saturated carbocycles. The van der Waals surface area contributed by atoms with E-state index in [4.69, 9.17) is 5.11 Å². The van der Waals surface area contributed by atoms with E-state index in [0.29, 0.717) is 10.6 Å². The second-order valence-electron chi connectivity index (χ2n) is 4.97. The third-order valence-electron chi connectivity index (χ3n) is 3.28. The number of aromatic nitrogens is 1. The Balaban J connectivity index is 1.88. The topological polar surface area (TPSA) is 70.5 Å². The molecule has 5 nitrogen and oxygen atoms in total. The third-order valence-corrected chi connectivity index (χ3v) is 5.46. The van der Waals surface area contributed by atoms with Crippen molar-refractivity contribution < 1.29 is 14.7 Å². The summed E-state index contributed by atoms with van der Waals surface area (Å²) in [5.74, 6) is -1.19. The van der Waals surface area contributed by atoms with Crippen LogP contribution in [0.4, 0.5) is 0 Å². The van der Waals surface area contributed by atoms with Crippen LogP contribution in [0.1, 0.15) is 28.2 Å². The highest BCUT2D eigenvalue weighted by Gasteiger charge is 2.35. The molecule has 2 aromatic rings. The highest BCUT2D eigenvalue weighted by Crippen LogP contribution is 2.34. The number of carbonyl (C=O) groups excluding carboxylic acids is 1. The standard InChI is InChI=1S/C14H14N2O3S2/c1-8-12(21-13(15-8)10-3-2-6-20-10)14(19)16(7-11(17)18)9-4-5-9/h2-3,6,9H,4-5,7H2,1H3,(H,17,18). The summed E-state index contributed by atoms with van der Waals surface area (Å²) in [5.41, 5.74) is 0.671. The summed E-state index contributed by atoms with van der Waals surface area (Å²) in [6.45, 7) is 1.56. The predicted octanol–water partition coefficient (Wildman–Crippen LogP) is 2.87. The summed E-state index contributed by atoms with van der Waals surface area (Å²) in [7, 11) is 0. The van der Waals surface area contributed by atoms with Gasteiger partial charge in [-0.2, -0.15) is 0 Å². The van der Waals surface area contributed by atoms with Crippen molar-refractivity contribution >= 4 is 34.6 Å². The molecule has 1 fully saturated rings. The van der Waals surface area contributed by atoms with Crippen LogP contribution in [0.5, 0.6) is 0 Å². The van der Waals surface area contributed by atoms with Crippen LogP contribution in [-0.4, -0.2) is 39.5 Å². The van der Waals surface area contributed by atoms with Crippen LogP contribution in [0.2, 0.25) is 0 Å². The van der Waals surface area contributed by atoms with Crippen molar-refractivity contribution in [1.82, 2.24) is 9.88 Å². The quantitative estimate of drug-likeness (QED) is 0.919. The highest BCUT2D eigenvalue weighted by atomic mass is 32.1. The first-order valence-electron chi connectivity index (χ1n) is 6.60. The zero-order valence-electron chi connectivity index (χ0n) is 11.4. The van der Waals surface area contributed by atoms with Gasteiger partial charge in [-0.15, -0.1) is 22.7 Å². The Hall–Kier alpha value is -1.73. The van der Waals surface area contributed by atoms with Crippen LogP contribution in [0.3, 0.4) is 0 Å². The number of carbonyl (C=O) groups is 2. The van der Waals surface area contributed by atoms with Crippen molar-refractivity contribution in [2.24, 2.45) is 0 Å². The smallest absolute Gasteiger partial charge is 0.323 e. The molecule has 110 valence electrons. The second kappa shape index (κ2) is 5.57. The summed E-state index contributed by atoms with van der Waals surface area (Å²) in [6, 6.07) is 3.98. The Morgan fingerprint density at radius 1 is 1.48 bits per heavy atom. The average molecular weight is 322 g/mol. The van der Waals surface area contributed by atoms with E-state index in [-0.39, 0.29) is 18.5 Å². The van der Waals surface area contributed by atoms with Crippen molar-refractivity contribution in [3.05, 3.63) is 28.1 Å². The number of thiazole rings is 1. The highest BCUT2D eigenvalue weighted by molar-refractivity contribution is 7.22. The van der Waals surface area contributed by atoms with Gasteiger partial charge in [-0.1, -0.05) is 6.07 Å². The SMILES string of the molecule is Cc1nc(-c2cccs2)sc1C(=O)N(CC(=O)O)C1CC1. The monoisotopic (exact) mass is 322 g/mol. The maximum Gasteiger partial charge on any atom is 0.323 e. The molecule has 0 radical (unpaired) electrons. The Kier molecular flexibility index (Phi) is 3.77. The number of thiophene rings is 1. The van der Waals surface area contributed by atoms with Crippen LogP contribution >= 0.6 is 22.7 Å². The van der Waals surface area contributed by atoms with Gasteiger partial charge in [0.2, 0.25) is 0 Å². The minimum atomic E-state index is -0.976. The number of carboxylic acids is 1. The lowest BCUT2D eigenvalue weighted by Gasteiger charge is -2.19. The summed E-state index contributed by atoms with van der Waals surface area (Å²) >= 11 is 2.92. The second-order valence-corrected chi connectivity index (χ2v) is 6.92. The fourth-order valence-corrected chi connectivity index (χ4v) is 3.95. The molecular weight excluding hydrogens is 308 g/mol. The molecule has 0 atom stereocenters. The van der Waals surface area contributed by atoms with Gasteiger partial charge in [-0.25, -0.2) is 4.98 Å². The lowest BCUT2D eigenvalue weighted by Crippen LogP contribution is -2.37. The minimum Gasteiger partial charge on any atom is -0.480 e. The molecular formula is C14H14N2O3S2. The molecule has 21 heavy (non-hydrogen) atoms. The fourth-order valence-electron chi connectivity index (χ4n) is 2.13. The van der Waals surface area contributed by atoms with Gasteiger partial charge in [-0.05, 0) is 31.2 Å². The molecule has 1 N–H and O–H groups in total. The van der Waals surface area contributed by atoms with Crippen molar-refractivity contribution in [1.29, 1.82) is 0 Å². The first-order chi connectivity index (χ1) is 10.1. The molecule has 0 aromatic carbocycles. The number of hydrogen-bond donors (Lipinski definition) is 1. The number of aryl methyl sites for hydroxylation is 1. The molecule has 2 heterocycles. The van der Waals surface area contributed by atoms with Crippen molar-refractivity contribution in [2.75, 3.05) is 6.54 Å². The van der Waals surface area contributed by atoms with E-state index in [1.54, 1.807) is 18.3 Å². The molecule has 1 amide bonds. The van der Waals surface area contributed by atoms with Crippen LogP contribution in [0.15, 0.2) is 17.5 Å². The number of hydrogen-bond acceptors (Lipinski definition) is 5. The summed E-state index contributed by atoms with van der Waals surface area (Å²) in [5, 5.41) is 11.8. The van der Waals surface area contributed by atoms with E-state index in [2.05, 4.69) is 4.98 Å². The Bertz CT molecular complexity index is 674. The molecule has 0 bridgehead atoms. The van der Waals surface area contributed by atoms with Crippen LogP contribution in [0.25, 0.3) is 9.88 Å². The van der Waals surface area contributed by atoms with Crippen molar-refractivity contribution in [3.63, 3.8) is 0 Å². The predicted molar refractivity (Wildman–Crippen MR) is 81.9 cm³/mol. The maximum atomic E-state index is 12.6. The van der Waals surface area contributed by atoms with Gasteiger partial charge in [0.15, 0.2) is 0 Å². The van der Waals surface area contributed by atoms with Gasteiger partial charge in [0.05, 0.1) is 10.6 Å². The summed E-state index contributed by atoms with van der Waals surface area (Å²) in [4.78, 5) is 31.0. The van der Waals surface area contributed by atoms with E-state index in [9.17, 15) is 9.59 Å². The van der Waals surface area contributed by atoms with E-state index >= 15 is 0 Å². The van der Waals surface area contributed by atoms with Crippen LogP contribution < -0.4 is 0 Å². The van der Waals surface area contributed by atoms with Crippen LogP contribution in [0, 0.1) is 6.92 Å². The van der Waals surface area contributed by atoms with Crippen molar-refractivity contribution in [2.45, 2.75) is 25.8 Å². The normalized spacial score (nSPS) is 14.1. The van der Waals surface area contributed by atoms with E-state index in [1.165, 1.54) is 16.2 Å².